The average Bonchev–Trinajstić information content (AvgIpc) is 3.03. The number of aryl methyl sites for hydroxylation is 1. The van der Waals surface area contributed by atoms with Crippen LogP contribution in [0.25, 0.3) is 0 Å². The molecule has 1 unspecified atom stereocenters. The SMILES string of the molecule is Cc1cc(NC(=O)Nc2cc(CN3CCN(S(C)=O)CC3)ccc2F)no1. The number of benzene rings is 1. The number of carbonyl (C=O) groups excluding carboxylic acids is 1. The quantitative estimate of drug-likeness (QED) is 0.810. The molecule has 146 valence electrons. The molecule has 1 aliphatic rings. The Kier molecular flexibility index (Phi) is 6.19. The number of anilines is 2. The predicted octanol–water partition coefficient (Wildman–Crippen LogP) is 2.18. The van der Waals surface area contributed by atoms with Crippen LogP contribution >= 0.6 is 0 Å². The molecule has 1 saturated heterocycles. The van der Waals surface area contributed by atoms with E-state index >= 15 is 0 Å². The smallest absolute Gasteiger partial charge is 0.325 e. The zero-order chi connectivity index (χ0) is 19.4. The van der Waals surface area contributed by atoms with Crippen LogP contribution < -0.4 is 10.6 Å². The molecule has 8 nitrogen and oxygen atoms in total. The zero-order valence-electron chi connectivity index (χ0n) is 15.2. The number of hydrogen-bond donors (Lipinski definition) is 2. The van der Waals surface area contributed by atoms with Crippen LogP contribution in [0.15, 0.2) is 28.8 Å². The summed E-state index contributed by atoms with van der Waals surface area (Å²) < 4.78 is 32.4. The molecule has 0 spiro atoms. The summed E-state index contributed by atoms with van der Waals surface area (Å²) in [5.41, 5.74) is 0.980. The largest absolute Gasteiger partial charge is 0.360 e. The standard InChI is InChI=1S/C17H22FN5O3S/c1-12-9-16(21-26-12)20-17(24)19-15-10-13(3-4-14(15)18)11-22-5-7-23(8-6-22)27(2)25/h3-4,9-10H,5-8,11H2,1-2H3,(H2,19,20,21,24). The number of hydrogen-bond acceptors (Lipinski definition) is 5. The van der Waals surface area contributed by atoms with Gasteiger partial charge < -0.3 is 9.84 Å². The fourth-order valence-corrected chi connectivity index (χ4v) is 3.54. The Labute approximate surface area is 159 Å². The van der Waals surface area contributed by atoms with Gasteiger partial charge in [0.05, 0.1) is 16.7 Å². The third-order valence-electron chi connectivity index (χ3n) is 4.25. The molecule has 1 aromatic carbocycles. The number of nitrogens with zero attached hydrogens (tertiary/aromatic N) is 3. The first-order valence-corrected chi connectivity index (χ1v) is 10.0. The van der Waals surface area contributed by atoms with E-state index in [1.165, 1.54) is 6.07 Å². The van der Waals surface area contributed by atoms with E-state index in [4.69, 9.17) is 4.52 Å². The molecule has 0 saturated carbocycles. The van der Waals surface area contributed by atoms with Gasteiger partial charge in [0, 0.05) is 45.0 Å². The maximum absolute atomic E-state index is 14.1. The molecule has 0 radical (unpaired) electrons. The molecule has 1 atom stereocenters. The number of amides is 2. The highest BCUT2D eigenvalue weighted by Crippen LogP contribution is 2.19. The Hall–Kier alpha value is -2.30. The number of rotatable bonds is 5. The highest BCUT2D eigenvalue weighted by atomic mass is 32.2. The molecule has 1 aliphatic heterocycles. The van der Waals surface area contributed by atoms with Gasteiger partial charge in [0.15, 0.2) is 5.82 Å². The molecular weight excluding hydrogens is 373 g/mol. The van der Waals surface area contributed by atoms with Crippen LogP contribution in [0.3, 0.4) is 0 Å². The molecule has 2 aromatic rings. The summed E-state index contributed by atoms with van der Waals surface area (Å²) in [4.78, 5) is 14.2. The van der Waals surface area contributed by atoms with Gasteiger partial charge in [-0.05, 0) is 24.6 Å². The monoisotopic (exact) mass is 395 g/mol. The van der Waals surface area contributed by atoms with Gasteiger partial charge in [0.1, 0.15) is 11.6 Å². The molecular formula is C17H22FN5O3S. The number of carbonyl (C=O) groups is 1. The van der Waals surface area contributed by atoms with Crippen molar-refractivity contribution >= 4 is 28.5 Å². The molecule has 10 heteroatoms. The van der Waals surface area contributed by atoms with Gasteiger partial charge in [0.2, 0.25) is 0 Å². The van der Waals surface area contributed by atoms with Crippen LogP contribution in [-0.4, -0.2) is 57.0 Å². The van der Waals surface area contributed by atoms with E-state index in [2.05, 4.69) is 20.7 Å². The van der Waals surface area contributed by atoms with Crippen molar-refractivity contribution in [3.8, 4) is 0 Å². The van der Waals surface area contributed by atoms with Crippen LogP contribution in [0.5, 0.6) is 0 Å². The van der Waals surface area contributed by atoms with E-state index in [0.717, 1.165) is 31.7 Å². The minimum atomic E-state index is -0.952. The summed E-state index contributed by atoms with van der Waals surface area (Å²) in [5.74, 6) is 0.301. The van der Waals surface area contributed by atoms with Crippen molar-refractivity contribution in [2.24, 2.45) is 0 Å². The average molecular weight is 395 g/mol. The first-order chi connectivity index (χ1) is 12.9. The normalized spacial score (nSPS) is 16.9. The maximum Gasteiger partial charge on any atom is 0.325 e. The van der Waals surface area contributed by atoms with E-state index in [1.54, 1.807) is 31.4 Å². The summed E-state index contributed by atoms with van der Waals surface area (Å²) in [6.45, 7) is 5.36. The highest BCUT2D eigenvalue weighted by Gasteiger charge is 2.19. The predicted molar refractivity (Wildman–Crippen MR) is 101 cm³/mol. The van der Waals surface area contributed by atoms with Crippen molar-refractivity contribution in [2.75, 3.05) is 43.1 Å². The van der Waals surface area contributed by atoms with E-state index in [0.29, 0.717) is 12.3 Å². The van der Waals surface area contributed by atoms with Gasteiger partial charge in [0.25, 0.3) is 0 Å². The number of halogens is 1. The Morgan fingerprint density at radius 2 is 2.00 bits per heavy atom. The van der Waals surface area contributed by atoms with Crippen molar-refractivity contribution in [2.45, 2.75) is 13.5 Å². The van der Waals surface area contributed by atoms with Crippen LogP contribution in [0, 0.1) is 12.7 Å². The third kappa shape index (κ3) is 5.34. The van der Waals surface area contributed by atoms with Crippen molar-refractivity contribution in [3.05, 3.63) is 41.4 Å². The van der Waals surface area contributed by atoms with E-state index < -0.39 is 22.8 Å². The minimum Gasteiger partial charge on any atom is -0.360 e. The van der Waals surface area contributed by atoms with Crippen LogP contribution in [0.2, 0.25) is 0 Å². The molecule has 1 fully saturated rings. The Morgan fingerprint density at radius 1 is 1.26 bits per heavy atom. The molecule has 2 N–H and O–H groups in total. The molecule has 3 rings (SSSR count). The Balaban J connectivity index is 1.59. The number of piperazine rings is 1. The summed E-state index contributed by atoms with van der Waals surface area (Å²) in [6.07, 6.45) is 1.68. The lowest BCUT2D eigenvalue weighted by Gasteiger charge is -2.33. The van der Waals surface area contributed by atoms with Crippen molar-refractivity contribution in [3.63, 3.8) is 0 Å². The number of nitrogens with one attached hydrogen (secondary N) is 2. The second kappa shape index (κ2) is 8.59. The van der Waals surface area contributed by atoms with Gasteiger partial charge in [-0.1, -0.05) is 11.2 Å². The van der Waals surface area contributed by atoms with Crippen LogP contribution in [0.1, 0.15) is 11.3 Å². The Bertz CT molecular complexity index is 836. The summed E-state index contributed by atoms with van der Waals surface area (Å²) >= 11 is 0. The fourth-order valence-electron chi connectivity index (χ4n) is 2.86. The molecule has 2 heterocycles. The molecule has 2 amide bonds. The number of urea groups is 1. The van der Waals surface area contributed by atoms with Crippen LogP contribution in [0.4, 0.5) is 20.7 Å². The minimum absolute atomic E-state index is 0.0958. The highest BCUT2D eigenvalue weighted by molar-refractivity contribution is 7.81. The van der Waals surface area contributed by atoms with Gasteiger partial charge in [-0.15, -0.1) is 0 Å². The fraction of sp³-hybridized carbons (Fsp3) is 0.412. The van der Waals surface area contributed by atoms with Crippen molar-refractivity contribution in [1.82, 2.24) is 14.4 Å². The second-order valence-electron chi connectivity index (χ2n) is 6.35. The van der Waals surface area contributed by atoms with Gasteiger partial charge in [-0.2, -0.15) is 0 Å². The van der Waals surface area contributed by atoms with Crippen molar-refractivity contribution in [1.29, 1.82) is 0 Å². The molecule has 0 bridgehead atoms. The first kappa shape index (κ1) is 19.5. The number of aromatic nitrogens is 1. The maximum atomic E-state index is 14.1. The lowest BCUT2D eigenvalue weighted by molar-refractivity contribution is 0.186. The van der Waals surface area contributed by atoms with E-state index in [1.807, 2.05) is 4.31 Å². The van der Waals surface area contributed by atoms with Gasteiger partial charge in [-0.25, -0.2) is 17.7 Å². The summed E-state index contributed by atoms with van der Waals surface area (Å²) in [6, 6.07) is 5.62. The van der Waals surface area contributed by atoms with E-state index in [-0.39, 0.29) is 11.5 Å². The van der Waals surface area contributed by atoms with Gasteiger partial charge in [-0.3, -0.25) is 10.2 Å². The summed E-state index contributed by atoms with van der Waals surface area (Å²) in [5, 5.41) is 8.64. The molecule has 27 heavy (non-hydrogen) atoms. The molecule has 1 aromatic heterocycles. The zero-order valence-corrected chi connectivity index (χ0v) is 16.0. The third-order valence-corrected chi connectivity index (χ3v) is 5.34. The lowest BCUT2D eigenvalue weighted by Crippen LogP contribution is -2.46. The van der Waals surface area contributed by atoms with Crippen LogP contribution in [-0.2, 0) is 17.5 Å². The second-order valence-corrected chi connectivity index (χ2v) is 7.71. The first-order valence-electron chi connectivity index (χ1n) is 8.51. The van der Waals surface area contributed by atoms with Crippen molar-refractivity contribution < 1.29 is 17.9 Å². The topological polar surface area (TPSA) is 90.7 Å². The molecule has 0 aliphatic carbocycles. The Morgan fingerprint density at radius 3 is 2.63 bits per heavy atom. The summed E-state index contributed by atoms with van der Waals surface area (Å²) in [7, 11) is -0.952. The lowest BCUT2D eigenvalue weighted by atomic mass is 10.1. The van der Waals surface area contributed by atoms with Gasteiger partial charge >= 0.3 is 6.03 Å². The van der Waals surface area contributed by atoms with E-state index in [9.17, 15) is 13.4 Å².